The maximum atomic E-state index is 5.69. The van der Waals surface area contributed by atoms with Crippen LogP contribution in [0.15, 0.2) is 12.1 Å². The molecule has 0 aliphatic rings. The fourth-order valence-corrected chi connectivity index (χ4v) is 2.05. The van der Waals surface area contributed by atoms with Crippen molar-refractivity contribution in [2.75, 3.05) is 36.4 Å². The third-order valence-corrected chi connectivity index (χ3v) is 3.36. The van der Waals surface area contributed by atoms with E-state index in [9.17, 15) is 0 Å². The van der Waals surface area contributed by atoms with Crippen molar-refractivity contribution in [1.29, 1.82) is 0 Å². The van der Waals surface area contributed by atoms with Gasteiger partial charge in [0.25, 0.3) is 0 Å². The van der Waals surface area contributed by atoms with Crippen LogP contribution >= 0.6 is 0 Å². The molecule has 1 aromatic rings. The van der Waals surface area contributed by atoms with E-state index in [4.69, 9.17) is 11.5 Å². The topological polar surface area (TPSA) is 80.2 Å². The van der Waals surface area contributed by atoms with Crippen LogP contribution < -0.4 is 16.8 Å². The van der Waals surface area contributed by atoms with Crippen molar-refractivity contribution in [2.45, 2.75) is 39.7 Å². The summed E-state index contributed by atoms with van der Waals surface area (Å²) in [5.41, 5.74) is 11.9. The maximum absolute atomic E-state index is 5.69. The lowest BCUT2D eigenvalue weighted by Crippen LogP contribution is -2.25. The van der Waals surface area contributed by atoms with Gasteiger partial charge in [-0.05, 0) is 51.5 Å². The van der Waals surface area contributed by atoms with Gasteiger partial charge >= 0.3 is 0 Å². The molecule has 5 nitrogen and oxygen atoms in total. The zero-order chi connectivity index (χ0) is 14.3. The van der Waals surface area contributed by atoms with Crippen molar-refractivity contribution < 1.29 is 0 Å². The predicted octanol–water partition coefficient (Wildman–Crippen LogP) is 2.17. The summed E-state index contributed by atoms with van der Waals surface area (Å²) in [5, 5.41) is 3.35. The van der Waals surface area contributed by atoms with E-state index in [0.717, 1.165) is 31.9 Å². The molecule has 0 radical (unpaired) electrons. The van der Waals surface area contributed by atoms with Gasteiger partial charge in [0, 0.05) is 6.04 Å². The van der Waals surface area contributed by atoms with E-state index in [0.29, 0.717) is 17.5 Å². The van der Waals surface area contributed by atoms with E-state index in [1.165, 1.54) is 6.42 Å². The van der Waals surface area contributed by atoms with E-state index < -0.39 is 0 Å². The van der Waals surface area contributed by atoms with Crippen LogP contribution in [-0.2, 0) is 0 Å². The summed E-state index contributed by atoms with van der Waals surface area (Å²) in [6.45, 7) is 9.95. The Hall–Kier alpha value is -1.49. The van der Waals surface area contributed by atoms with E-state index in [-0.39, 0.29) is 0 Å². The molecule has 0 aliphatic carbocycles. The summed E-state index contributed by atoms with van der Waals surface area (Å²) in [4.78, 5) is 6.66. The van der Waals surface area contributed by atoms with E-state index in [1.54, 1.807) is 6.07 Å². The third-order valence-electron chi connectivity index (χ3n) is 3.36. The standard InChI is InChI=1S/C14H27N5/c1-4-19(5-2)10-6-7-11(3)17-13-9-8-12(15)14(16)18-13/h8-9,11H,4-7,10,15H2,1-3H3,(H3,16,17,18). The first-order valence-electron chi connectivity index (χ1n) is 7.07. The van der Waals surface area contributed by atoms with Crippen molar-refractivity contribution in [3.8, 4) is 0 Å². The Kier molecular flexibility index (Phi) is 6.42. The molecular formula is C14H27N5. The van der Waals surface area contributed by atoms with Crippen LogP contribution in [0.3, 0.4) is 0 Å². The number of hydrogen-bond donors (Lipinski definition) is 3. The van der Waals surface area contributed by atoms with Crippen LogP contribution in [0.4, 0.5) is 17.3 Å². The lowest BCUT2D eigenvalue weighted by Gasteiger charge is -2.20. The van der Waals surface area contributed by atoms with Gasteiger partial charge in [0.1, 0.15) is 11.6 Å². The first-order chi connectivity index (χ1) is 9.06. The van der Waals surface area contributed by atoms with Crippen LogP contribution in [-0.4, -0.2) is 35.6 Å². The summed E-state index contributed by atoms with van der Waals surface area (Å²) >= 11 is 0. The maximum Gasteiger partial charge on any atom is 0.149 e. The second-order valence-corrected chi connectivity index (χ2v) is 4.89. The number of hydrogen-bond acceptors (Lipinski definition) is 5. The van der Waals surface area contributed by atoms with Gasteiger partial charge < -0.3 is 21.7 Å². The van der Waals surface area contributed by atoms with Gasteiger partial charge in [-0.2, -0.15) is 0 Å². The highest BCUT2D eigenvalue weighted by atomic mass is 15.1. The third kappa shape index (κ3) is 5.34. The normalized spacial score (nSPS) is 12.6. The Labute approximate surface area is 116 Å². The molecule has 0 saturated carbocycles. The van der Waals surface area contributed by atoms with Crippen LogP contribution in [0.25, 0.3) is 0 Å². The average Bonchev–Trinajstić information content (AvgIpc) is 2.39. The van der Waals surface area contributed by atoms with E-state index in [1.807, 2.05) is 6.07 Å². The Bertz CT molecular complexity index is 376. The monoisotopic (exact) mass is 265 g/mol. The van der Waals surface area contributed by atoms with Gasteiger partial charge in [0.2, 0.25) is 0 Å². The summed E-state index contributed by atoms with van der Waals surface area (Å²) < 4.78 is 0. The van der Waals surface area contributed by atoms with Gasteiger partial charge in [0.05, 0.1) is 5.69 Å². The van der Waals surface area contributed by atoms with E-state index in [2.05, 4.69) is 36.0 Å². The highest BCUT2D eigenvalue weighted by Crippen LogP contribution is 2.16. The minimum atomic E-state index is 0.381. The molecule has 0 spiro atoms. The fraction of sp³-hybridized carbons (Fsp3) is 0.643. The minimum absolute atomic E-state index is 0.381. The molecule has 1 unspecified atom stereocenters. The molecule has 0 aliphatic heterocycles. The van der Waals surface area contributed by atoms with Crippen molar-refractivity contribution >= 4 is 17.3 Å². The Balaban J connectivity index is 2.34. The van der Waals surface area contributed by atoms with Crippen LogP contribution in [0, 0.1) is 0 Å². The van der Waals surface area contributed by atoms with Crippen molar-refractivity contribution in [3.05, 3.63) is 12.1 Å². The van der Waals surface area contributed by atoms with Crippen LogP contribution in [0.5, 0.6) is 0 Å². The molecule has 1 heterocycles. The number of pyridine rings is 1. The van der Waals surface area contributed by atoms with Gasteiger partial charge in [-0.3, -0.25) is 0 Å². The highest BCUT2D eigenvalue weighted by Gasteiger charge is 2.06. The summed E-state index contributed by atoms with van der Waals surface area (Å²) in [7, 11) is 0. The highest BCUT2D eigenvalue weighted by molar-refractivity contribution is 5.61. The Morgan fingerprint density at radius 3 is 2.53 bits per heavy atom. The second-order valence-electron chi connectivity index (χ2n) is 4.89. The van der Waals surface area contributed by atoms with E-state index >= 15 is 0 Å². The van der Waals surface area contributed by atoms with Crippen molar-refractivity contribution in [2.24, 2.45) is 0 Å². The average molecular weight is 265 g/mol. The molecule has 0 saturated heterocycles. The lowest BCUT2D eigenvalue weighted by atomic mass is 10.1. The molecule has 1 rings (SSSR count). The second kappa shape index (κ2) is 7.84. The molecule has 1 aromatic heterocycles. The first kappa shape index (κ1) is 15.6. The number of nitrogen functional groups attached to an aromatic ring is 2. The molecule has 0 bridgehead atoms. The van der Waals surface area contributed by atoms with Gasteiger partial charge in [-0.1, -0.05) is 13.8 Å². The number of anilines is 3. The molecule has 1 atom stereocenters. The number of nitrogens with two attached hydrogens (primary N) is 2. The molecule has 5 heteroatoms. The largest absolute Gasteiger partial charge is 0.396 e. The fourth-order valence-electron chi connectivity index (χ4n) is 2.05. The number of nitrogens with one attached hydrogen (secondary N) is 1. The van der Waals surface area contributed by atoms with Crippen LogP contribution in [0.1, 0.15) is 33.6 Å². The number of aromatic nitrogens is 1. The van der Waals surface area contributed by atoms with Gasteiger partial charge in [-0.15, -0.1) is 0 Å². The molecule has 0 fully saturated rings. The number of rotatable bonds is 8. The van der Waals surface area contributed by atoms with Crippen molar-refractivity contribution in [1.82, 2.24) is 9.88 Å². The predicted molar refractivity (Wildman–Crippen MR) is 83.2 cm³/mol. The van der Waals surface area contributed by atoms with Gasteiger partial charge in [-0.25, -0.2) is 4.98 Å². The zero-order valence-electron chi connectivity index (χ0n) is 12.3. The summed E-state index contributed by atoms with van der Waals surface area (Å²) in [6.07, 6.45) is 2.29. The number of nitrogens with zero attached hydrogens (tertiary/aromatic N) is 2. The van der Waals surface area contributed by atoms with Crippen LogP contribution in [0.2, 0.25) is 0 Å². The quantitative estimate of drug-likeness (QED) is 0.671. The smallest absolute Gasteiger partial charge is 0.149 e. The summed E-state index contributed by atoms with van der Waals surface area (Å²) in [6, 6.07) is 4.03. The summed E-state index contributed by atoms with van der Waals surface area (Å²) in [5.74, 6) is 1.18. The molecule has 108 valence electrons. The first-order valence-corrected chi connectivity index (χ1v) is 7.07. The minimum Gasteiger partial charge on any atom is -0.396 e. The lowest BCUT2D eigenvalue weighted by molar-refractivity contribution is 0.295. The SMILES string of the molecule is CCN(CC)CCCC(C)Nc1ccc(N)c(N)n1. The molecule has 19 heavy (non-hydrogen) atoms. The molecule has 0 aromatic carbocycles. The van der Waals surface area contributed by atoms with Crippen molar-refractivity contribution in [3.63, 3.8) is 0 Å². The van der Waals surface area contributed by atoms with Gasteiger partial charge in [0.15, 0.2) is 0 Å². The molecular weight excluding hydrogens is 238 g/mol. The molecule has 0 amide bonds. The Morgan fingerprint density at radius 1 is 1.26 bits per heavy atom. The molecule has 5 N–H and O–H groups in total. The Morgan fingerprint density at radius 2 is 1.95 bits per heavy atom. The zero-order valence-corrected chi connectivity index (χ0v) is 12.3.